The first-order valence-corrected chi connectivity index (χ1v) is 5.39. The van der Waals surface area contributed by atoms with Gasteiger partial charge in [0.25, 0.3) is 0 Å². The first-order chi connectivity index (χ1) is 7.13. The van der Waals surface area contributed by atoms with Crippen molar-refractivity contribution < 1.29 is 9.90 Å². The Morgan fingerprint density at radius 1 is 1.60 bits per heavy atom. The minimum Gasteiger partial charge on any atom is -0.480 e. The van der Waals surface area contributed by atoms with Crippen LogP contribution in [-0.2, 0) is 4.79 Å². The zero-order valence-corrected chi connectivity index (χ0v) is 9.20. The van der Waals surface area contributed by atoms with Crippen molar-refractivity contribution in [3.05, 3.63) is 18.0 Å². The SMILES string of the molecule is Cc1cnc(SC(CCN)C(=O)O)nc1. The lowest BCUT2D eigenvalue weighted by Crippen LogP contribution is -2.20. The van der Waals surface area contributed by atoms with Crippen LogP contribution < -0.4 is 5.73 Å². The molecule has 3 N–H and O–H groups in total. The number of nitrogens with two attached hydrogens (primary N) is 1. The summed E-state index contributed by atoms with van der Waals surface area (Å²) in [6, 6.07) is 0. The molecule has 0 fully saturated rings. The predicted molar refractivity (Wildman–Crippen MR) is 57.7 cm³/mol. The second-order valence-electron chi connectivity index (χ2n) is 3.07. The molecule has 0 radical (unpaired) electrons. The highest BCUT2D eigenvalue weighted by atomic mass is 32.2. The summed E-state index contributed by atoms with van der Waals surface area (Å²) in [5.74, 6) is -0.880. The van der Waals surface area contributed by atoms with Crippen molar-refractivity contribution in [2.45, 2.75) is 23.8 Å². The van der Waals surface area contributed by atoms with Gasteiger partial charge >= 0.3 is 5.97 Å². The Morgan fingerprint density at radius 2 is 2.20 bits per heavy atom. The molecule has 1 atom stereocenters. The third-order valence-corrected chi connectivity index (χ3v) is 2.85. The molecule has 15 heavy (non-hydrogen) atoms. The van der Waals surface area contributed by atoms with Gasteiger partial charge in [-0.25, -0.2) is 9.97 Å². The number of hydrogen-bond donors (Lipinski definition) is 2. The van der Waals surface area contributed by atoms with Crippen molar-refractivity contribution in [2.24, 2.45) is 5.73 Å². The molecule has 0 aliphatic heterocycles. The van der Waals surface area contributed by atoms with Gasteiger partial charge in [-0.1, -0.05) is 11.8 Å². The smallest absolute Gasteiger partial charge is 0.317 e. The third kappa shape index (κ3) is 3.85. The summed E-state index contributed by atoms with van der Waals surface area (Å²) in [5, 5.41) is 8.79. The second-order valence-corrected chi connectivity index (χ2v) is 4.23. The van der Waals surface area contributed by atoms with Crippen LogP contribution >= 0.6 is 11.8 Å². The lowest BCUT2D eigenvalue weighted by atomic mass is 10.3. The quantitative estimate of drug-likeness (QED) is 0.568. The van der Waals surface area contributed by atoms with E-state index in [9.17, 15) is 4.79 Å². The Kier molecular flexibility index (Phi) is 4.51. The molecule has 6 heteroatoms. The van der Waals surface area contributed by atoms with E-state index in [-0.39, 0.29) is 0 Å². The van der Waals surface area contributed by atoms with E-state index in [1.54, 1.807) is 12.4 Å². The molecule has 0 amide bonds. The summed E-state index contributed by atoms with van der Waals surface area (Å²) >= 11 is 1.13. The van der Waals surface area contributed by atoms with Crippen molar-refractivity contribution in [1.82, 2.24) is 9.97 Å². The van der Waals surface area contributed by atoms with Crippen LogP contribution in [0.2, 0.25) is 0 Å². The molecule has 1 aromatic heterocycles. The molecule has 1 heterocycles. The van der Waals surface area contributed by atoms with Gasteiger partial charge in [0.15, 0.2) is 5.16 Å². The number of thioether (sulfide) groups is 1. The summed E-state index contributed by atoms with van der Waals surface area (Å²) in [4.78, 5) is 18.9. The molecule has 0 spiro atoms. The highest BCUT2D eigenvalue weighted by Gasteiger charge is 2.19. The highest BCUT2D eigenvalue weighted by molar-refractivity contribution is 8.00. The number of rotatable bonds is 5. The average molecular weight is 227 g/mol. The number of carbonyl (C=O) groups is 1. The lowest BCUT2D eigenvalue weighted by Gasteiger charge is -2.08. The molecular weight excluding hydrogens is 214 g/mol. The molecule has 1 aromatic rings. The summed E-state index contributed by atoms with van der Waals surface area (Å²) in [6.07, 6.45) is 3.74. The molecule has 0 saturated heterocycles. The van der Waals surface area contributed by atoms with E-state index in [1.807, 2.05) is 6.92 Å². The van der Waals surface area contributed by atoms with Crippen LogP contribution in [0.1, 0.15) is 12.0 Å². The molecule has 5 nitrogen and oxygen atoms in total. The van der Waals surface area contributed by atoms with Crippen LogP contribution in [0.25, 0.3) is 0 Å². The Balaban J connectivity index is 2.65. The standard InChI is InChI=1S/C9H13N3O2S/c1-6-4-11-9(12-5-6)15-7(2-3-10)8(13)14/h4-5,7H,2-3,10H2,1H3,(H,13,14). The molecule has 1 rings (SSSR count). The summed E-state index contributed by atoms with van der Waals surface area (Å²) in [6.45, 7) is 2.22. The minimum atomic E-state index is -0.880. The van der Waals surface area contributed by atoms with Crippen molar-refractivity contribution >= 4 is 17.7 Å². The Hall–Kier alpha value is -1.14. The van der Waals surface area contributed by atoms with Crippen LogP contribution in [0.5, 0.6) is 0 Å². The number of aromatic nitrogens is 2. The van der Waals surface area contributed by atoms with Crippen molar-refractivity contribution in [3.8, 4) is 0 Å². The van der Waals surface area contributed by atoms with Gasteiger partial charge < -0.3 is 10.8 Å². The van der Waals surface area contributed by atoms with Gasteiger partial charge in [-0.2, -0.15) is 0 Å². The number of carboxylic acids is 1. The maximum Gasteiger partial charge on any atom is 0.317 e. The summed E-state index contributed by atoms with van der Waals surface area (Å²) in [7, 11) is 0. The van der Waals surface area contributed by atoms with Crippen LogP contribution in [0.4, 0.5) is 0 Å². The predicted octanol–water partition coefficient (Wildman–Crippen LogP) is 0.679. The zero-order valence-electron chi connectivity index (χ0n) is 8.38. The van der Waals surface area contributed by atoms with Gasteiger partial charge in [-0.05, 0) is 25.5 Å². The van der Waals surface area contributed by atoms with E-state index in [0.717, 1.165) is 17.3 Å². The topological polar surface area (TPSA) is 89.1 Å². The van der Waals surface area contributed by atoms with Gasteiger partial charge in [-0.15, -0.1) is 0 Å². The third-order valence-electron chi connectivity index (χ3n) is 1.71. The summed E-state index contributed by atoms with van der Waals surface area (Å²) in [5.41, 5.74) is 6.28. The van der Waals surface area contributed by atoms with Gasteiger partial charge in [0.05, 0.1) is 0 Å². The first kappa shape index (κ1) is 11.9. The lowest BCUT2D eigenvalue weighted by molar-refractivity contribution is -0.136. The molecule has 0 aliphatic carbocycles. The van der Waals surface area contributed by atoms with Crippen molar-refractivity contribution in [2.75, 3.05) is 6.54 Å². The number of nitrogens with zero attached hydrogens (tertiary/aromatic N) is 2. The monoisotopic (exact) mass is 227 g/mol. The van der Waals surface area contributed by atoms with E-state index in [1.165, 1.54) is 0 Å². The Labute approximate surface area is 92.1 Å². The van der Waals surface area contributed by atoms with Crippen LogP contribution in [0.3, 0.4) is 0 Å². The van der Waals surface area contributed by atoms with E-state index < -0.39 is 11.2 Å². The van der Waals surface area contributed by atoms with Crippen LogP contribution in [0.15, 0.2) is 17.6 Å². The second kappa shape index (κ2) is 5.67. The molecule has 0 bridgehead atoms. The van der Waals surface area contributed by atoms with Crippen molar-refractivity contribution in [3.63, 3.8) is 0 Å². The van der Waals surface area contributed by atoms with Gasteiger partial charge in [0.1, 0.15) is 5.25 Å². The van der Waals surface area contributed by atoms with Crippen LogP contribution in [-0.4, -0.2) is 32.8 Å². The molecule has 1 unspecified atom stereocenters. The van der Waals surface area contributed by atoms with E-state index in [0.29, 0.717) is 18.1 Å². The molecule has 0 aromatic carbocycles. The first-order valence-electron chi connectivity index (χ1n) is 4.51. The summed E-state index contributed by atoms with van der Waals surface area (Å²) < 4.78 is 0. The Morgan fingerprint density at radius 3 is 2.67 bits per heavy atom. The number of aryl methyl sites for hydroxylation is 1. The normalized spacial score (nSPS) is 12.4. The maximum atomic E-state index is 10.8. The van der Waals surface area contributed by atoms with E-state index >= 15 is 0 Å². The molecule has 0 aliphatic rings. The minimum absolute atomic E-state index is 0.343. The van der Waals surface area contributed by atoms with Crippen molar-refractivity contribution in [1.29, 1.82) is 0 Å². The highest BCUT2D eigenvalue weighted by Crippen LogP contribution is 2.21. The zero-order chi connectivity index (χ0) is 11.3. The molecule has 0 saturated carbocycles. The molecular formula is C9H13N3O2S. The van der Waals surface area contributed by atoms with Gasteiger partial charge in [0.2, 0.25) is 0 Å². The van der Waals surface area contributed by atoms with Crippen LogP contribution in [0, 0.1) is 6.92 Å². The van der Waals surface area contributed by atoms with Gasteiger partial charge in [0, 0.05) is 12.4 Å². The largest absolute Gasteiger partial charge is 0.480 e. The fourth-order valence-corrected chi connectivity index (χ4v) is 1.79. The number of hydrogen-bond acceptors (Lipinski definition) is 5. The fraction of sp³-hybridized carbons (Fsp3) is 0.444. The number of aliphatic carboxylic acids is 1. The van der Waals surface area contributed by atoms with Gasteiger partial charge in [-0.3, -0.25) is 4.79 Å². The Bertz CT molecular complexity index is 329. The van der Waals surface area contributed by atoms with E-state index in [4.69, 9.17) is 10.8 Å². The molecule has 82 valence electrons. The average Bonchev–Trinajstić information content (AvgIpc) is 2.20. The maximum absolute atomic E-state index is 10.8. The van der Waals surface area contributed by atoms with E-state index in [2.05, 4.69) is 9.97 Å². The fourth-order valence-electron chi connectivity index (χ4n) is 0.953. The number of carboxylic acid groups (broad SMARTS) is 1.